The van der Waals surface area contributed by atoms with E-state index in [1.807, 2.05) is 61.5 Å². The Hall–Kier alpha value is -2.27. The van der Waals surface area contributed by atoms with Crippen LogP contribution in [0.5, 0.6) is 0 Å². The van der Waals surface area contributed by atoms with Crippen molar-refractivity contribution in [2.45, 2.75) is 30.0 Å². The summed E-state index contributed by atoms with van der Waals surface area (Å²) in [5, 5.41) is 3.09. The summed E-state index contributed by atoms with van der Waals surface area (Å²) >= 11 is 1.68. The number of amides is 2. The van der Waals surface area contributed by atoms with Crippen LogP contribution in [0.4, 0.5) is 5.69 Å². The van der Waals surface area contributed by atoms with Crippen molar-refractivity contribution < 1.29 is 9.59 Å². The highest BCUT2D eigenvalue weighted by Crippen LogP contribution is 2.37. The number of nitrogens with one attached hydrogen (secondary N) is 1. The van der Waals surface area contributed by atoms with Crippen LogP contribution in [0, 0.1) is 0 Å². The van der Waals surface area contributed by atoms with Crippen molar-refractivity contribution >= 4 is 29.3 Å². The van der Waals surface area contributed by atoms with Crippen molar-refractivity contribution in [2.75, 3.05) is 11.4 Å². The molecule has 4 nitrogen and oxygen atoms in total. The molecule has 1 heterocycles. The summed E-state index contributed by atoms with van der Waals surface area (Å²) in [6, 6.07) is 17.5. The quantitative estimate of drug-likeness (QED) is 0.930. The first kappa shape index (κ1) is 16.6. The average Bonchev–Trinajstić information content (AvgIpc) is 2.70. The van der Waals surface area contributed by atoms with E-state index in [9.17, 15) is 9.59 Å². The number of rotatable bonds is 4. The van der Waals surface area contributed by atoms with Crippen LogP contribution in [0.3, 0.4) is 0 Å². The number of fused-ring (bicyclic) bond motifs is 1. The van der Waals surface area contributed by atoms with Crippen LogP contribution in [0.2, 0.25) is 0 Å². The molecule has 0 aliphatic carbocycles. The number of hydrogen-bond donors (Lipinski definition) is 1. The SMILES string of the molecule is C[C@H]1CC(=O)N(CC(=O)NCc2ccccc2)c2ccccc2S1. The highest BCUT2D eigenvalue weighted by Gasteiger charge is 2.27. The molecular weight excluding hydrogens is 320 g/mol. The van der Waals surface area contributed by atoms with Gasteiger partial charge >= 0.3 is 0 Å². The van der Waals surface area contributed by atoms with E-state index >= 15 is 0 Å². The summed E-state index contributed by atoms with van der Waals surface area (Å²) < 4.78 is 0. The second-order valence-corrected chi connectivity index (χ2v) is 7.32. The summed E-state index contributed by atoms with van der Waals surface area (Å²) in [5.41, 5.74) is 1.87. The molecule has 24 heavy (non-hydrogen) atoms. The van der Waals surface area contributed by atoms with Gasteiger partial charge < -0.3 is 10.2 Å². The van der Waals surface area contributed by atoms with Crippen molar-refractivity contribution in [3.63, 3.8) is 0 Å². The monoisotopic (exact) mass is 340 g/mol. The van der Waals surface area contributed by atoms with Crippen LogP contribution in [0.1, 0.15) is 18.9 Å². The first-order valence-corrected chi connectivity index (χ1v) is 8.88. The fraction of sp³-hybridized carbons (Fsp3) is 0.263. The van der Waals surface area contributed by atoms with Crippen molar-refractivity contribution in [2.24, 2.45) is 0 Å². The maximum Gasteiger partial charge on any atom is 0.240 e. The summed E-state index contributed by atoms with van der Waals surface area (Å²) in [6.45, 7) is 2.56. The first-order valence-electron chi connectivity index (χ1n) is 8.00. The van der Waals surface area contributed by atoms with Crippen molar-refractivity contribution in [3.8, 4) is 0 Å². The van der Waals surface area contributed by atoms with E-state index in [1.165, 1.54) is 0 Å². The normalized spacial score (nSPS) is 17.1. The zero-order chi connectivity index (χ0) is 16.9. The highest BCUT2D eigenvalue weighted by atomic mass is 32.2. The van der Waals surface area contributed by atoms with Gasteiger partial charge in [-0.3, -0.25) is 9.59 Å². The number of carbonyl (C=O) groups excluding carboxylic acids is 2. The van der Waals surface area contributed by atoms with Gasteiger partial charge in [-0.2, -0.15) is 0 Å². The third kappa shape index (κ3) is 3.97. The zero-order valence-electron chi connectivity index (χ0n) is 13.6. The molecule has 0 fully saturated rings. The van der Waals surface area contributed by atoms with Gasteiger partial charge in [0.05, 0.1) is 5.69 Å². The number of hydrogen-bond acceptors (Lipinski definition) is 3. The molecule has 0 bridgehead atoms. The Bertz CT molecular complexity index is 733. The van der Waals surface area contributed by atoms with Gasteiger partial charge in [0, 0.05) is 23.1 Å². The molecule has 0 spiro atoms. The zero-order valence-corrected chi connectivity index (χ0v) is 14.4. The molecule has 0 aromatic heterocycles. The molecule has 1 atom stereocenters. The molecular formula is C19H20N2O2S. The van der Waals surface area contributed by atoms with E-state index in [0.29, 0.717) is 13.0 Å². The maximum atomic E-state index is 12.5. The number of carbonyl (C=O) groups is 2. The molecule has 5 heteroatoms. The highest BCUT2D eigenvalue weighted by molar-refractivity contribution is 8.00. The Morgan fingerprint density at radius 3 is 2.67 bits per heavy atom. The van der Waals surface area contributed by atoms with Gasteiger partial charge in [0.1, 0.15) is 6.54 Å². The first-order chi connectivity index (χ1) is 11.6. The number of anilines is 1. The van der Waals surface area contributed by atoms with Gasteiger partial charge in [0.25, 0.3) is 0 Å². The van der Waals surface area contributed by atoms with Crippen LogP contribution < -0.4 is 10.2 Å². The Kier molecular flexibility index (Phi) is 5.20. The van der Waals surface area contributed by atoms with Gasteiger partial charge in [0.2, 0.25) is 11.8 Å². The second-order valence-electron chi connectivity index (χ2n) is 5.84. The fourth-order valence-corrected chi connectivity index (χ4v) is 3.81. The van der Waals surface area contributed by atoms with Crippen LogP contribution in [0.15, 0.2) is 59.5 Å². The smallest absolute Gasteiger partial charge is 0.240 e. The van der Waals surface area contributed by atoms with E-state index in [-0.39, 0.29) is 23.6 Å². The predicted molar refractivity (Wildman–Crippen MR) is 97.0 cm³/mol. The van der Waals surface area contributed by atoms with Crippen LogP contribution in [-0.2, 0) is 16.1 Å². The lowest BCUT2D eigenvalue weighted by molar-refractivity contribution is -0.123. The third-order valence-electron chi connectivity index (χ3n) is 3.88. The molecule has 2 aromatic carbocycles. The van der Waals surface area contributed by atoms with Gasteiger partial charge in [-0.1, -0.05) is 49.4 Å². The Morgan fingerprint density at radius 1 is 1.17 bits per heavy atom. The Balaban J connectivity index is 1.71. The Morgan fingerprint density at radius 2 is 1.88 bits per heavy atom. The van der Waals surface area contributed by atoms with Crippen molar-refractivity contribution in [3.05, 3.63) is 60.2 Å². The number of benzene rings is 2. The summed E-state index contributed by atoms with van der Waals surface area (Å²) in [5.74, 6) is -0.156. The minimum Gasteiger partial charge on any atom is -0.350 e. The number of nitrogens with zero attached hydrogens (tertiary/aromatic N) is 1. The summed E-state index contributed by atoms with van der Waals surface area (Å²) in [7, 11) is 0. The molecule has 1 aliphatic heterocycles. The molecule has 3 rings (SSSR count). The second kappa shape index (κ2) is 7.53. The molecule has 0 saturated heterocycles. The van der Waals surface area contributed by atoms with Gasteiger partial charge in [0.15, 0.2) is 0 Å². The number of thioether (sulfide) groups is 1. The van der Waals surface area contributed by atoms with Gasteiger partial charge in [-0.15, -0.1) is 11.8 Å². The lowest BCUT2D eigenvalue weighted by Crippen LogP contribution is -2.40. The average molecular weight is 340 g/mol. The lowest BCUT2D eigenvalue weighted by Gasteiger charge is -2.22. The molecule has 0 radical (unpaired) electrons. The number of para-hydroxylation sites is 1. The summed E-state index contributed by atoms with van der Waals surface area (Å²) in [4.78, 5) is 27.5. The molecule has 1 N–H and O–H groups in total. The Labute approximate surface area is 146 Å². The van der Waals surface area contributed by atoms with Crippen LogP contribution in [0.25, 0.3) is 0 Å². The van der Waals surface area contributed by atoms with E-state index in [0.717, 1.165) is 16.1 Å². The van der Waals surface area contributed by atoms with Crippen LogP contribution in [-0.4, -0.2) is 23.6 Å². The summed E-state index contributed by atoms with van der Waals surface area (Å²) in [6.07, 6.45) is 0.436. The van der Waals surface area contributed by atoms with Gasteiger partial charge in [-0.05, 0) is 17.7 Å². The van der Waals surface area contributed by atoms with E-state index in [2.05, 4.69) is 5.32 Å². The lowest BCUT2D eigenvalue weighted by atomic mass is 10.2. The predicted octanol–water partition coefficient (Wildman–Crippen LogP) is 3.22. The minimum atomic E-state index is -0.151. The minimum absolute atomic E-state index is 0.00480. The fourth-order valence-electron chi connectivity index (χ4n) is 2.70. The van der Waals surface area contributed by atoms with E-state index in [4.69, 9.17) is 0 Å². The third-order valence-corrected chi connectivity index (χ3v) is 5.05. The van der Waals surface area contributed by atoms with Crippen molar-refractivity contribution in [1.29, 1.82) is 0 Å². The van der Waals surface area contributed by atoms with E-state index < -0.39 is 0 Å². The van der Waals surface area contributed by atoms with Gasteiger partial charge in [-0.25, -0.2) is 0 Å². The van der Waals surface area contributed by atoms with Crippen molar-refractivity contribution in [1.82, 2.24) is 5.32 Å². The largest absolute Gasteiger partial charge is 0.350 e. The molecule has 0 unspecified atom stereocenters. The standard InChI is InChI=1S/C19H20N2O2S/c1-14-11-19(23)21(16-9-5-6-10-17(16)24-14)13-18(22)20-12-15-7-3-2-4-8-15/h2-10,14H,11-13H2,1H3,(H,20,22)/t14-/m0/s1. The molecule has 124 valence electrons. The molecule has 0 saturated carbocycles. The van der Waals surface area contributed by atoms with E-state index in [1.54, 1.807) is 16.7 Å². The molecule has 2 aromatic rings. The molecule has 1 aliphatic rings. The van der Waals surface area contributed by atoms with Crippen LogP contribution >= 0.6 is 11.8 Å². The maximum absolute atomic E-state index is 12.5. The topological polar surface area (TPSA) is 49.4 Å². The molecule has 2 amide bonds.